The van der Waals surface area contributed by atoms with E-state index in [-0.39, 0.29) is 0 Å². The van der Waals surface area contributed by atoms with Crippen LogP contribution in [-0.4, -0.2) is 46.5 Å². The monoisotopic (exact) mass is 202 g/mol. The highest BCUT2D eigenvalue weighted by Crippen LogP contribution is 2.14. The summed E-state index contributed by atoms with van der Waals surface area (Å²) >= 11 is 0. The minimum Gasteiger partial charge on any atom is -0.439 e. The van der Waals surface area contributed by atoms with Gasteiger partial charge in [-0.3, -0.25) is 10.0 Å². The summed E-state index contributed by atoms with van der Waals surface area (Å²) in [6.07, 6.45) is -0.418. The van der Waals surface area contributed by atoms with Crippen LogP contribution >= 0.6 is 0 Å². The molecule has 0 aromatic heterocycles. The lowest BCUT2D eigenvalue weighted by Gasteiger charge is -2.35. The fourth-order valence-corrected chi connectivity index (χ4v) is 1.35. The Hall–Kier alpha value is -1.30. The third-order valence-electron chi connectivity index (χ3n) is 2.07. The lowest BCUT2D eigenvalue weighted by Crippen LogP contribution is -2.53. The van der Waals surface area contributed by atoms with Crippen molar-refractivity contribution in [3.63, 3.8) is 0 Å². The maximum atomic E-state index is 11.4. The van der Waals surface area contributed by atoms with Crippen LogP contribution in [0.5, 0.6) is 0 Å². The molecule has 0 aromatic carbocycles. The van der Waals surface area contributed by atoms with Gasteiger partial charge in [-0.15, -0.1) is 0 Å². The Morgan fingerprint density at radius 3 is 2.86 bits per heavy atom. The molecule has 1 fully saturated rings. The van der Waals surface area contributed by atoms with E-state index in [1.165, 1.54) is 11.8 Å². The number of urea groups is 1. The lowest BCUT2D eigenvalue weighted by atomic mass is 10.3. The molecule has 1 saturated heterocycles. The standard InChI is InChI=1S/C8H14N2O4/c1-3-9-5-4-7(14-6(2)11)10(13)8(9)12/h7,13H,3-5H2,1-2H3. The third-order valence-corrected chi connectivity index (χ3v) is 2.07. The molecule has 1 rings (SSSR count). The van der Waals surface area contributed by atoms with E-state index in [2.05, 4.69) is 0 Å². The number of hydroxylamine groups is 2. The highest BCUT2D eigenvalue weighted by Gasteiger charge is 2.33. The summed E-state index contributed by atoms with van der Waals surface area (Å²) in [4.78, 5) is 23.5. The van der Waals surface area contributed by atoms with Crippen LogP contribution in [0.3, 0.4) is 0 Å². The molecule has 0 aliphatic carbocycles. The Kier molecular flexibility index (Phi) is 3.29. The Bertz CT molecular complexity index is 243. The highest BCUT2D eigenvalue weighted by atomic mass is 16.6. The number of nitrogens with zero attached hydrogens (tertiary/aromatic N) is 2. The molecular weight excluding hydrogens is 188 g/mol. The van der Waals surface area contributed by atoms with Gasteiger partial charge >= 0.3 is 12.0 Å². The first-order valence-electron chi connectivity index (χ1n) is 4.50. The molecule has 1 aliphatic heterocycles. The number of carbonyl (C=O) groups is 2. The SMILES string of the molecule is CCN1CCC(OC(C)=O)N(O)C1=O. The molecule has 2 amide bonds. The van der Waals surface area contributed by atoms with E-state index in [4.69, 9.17) is 4.74 Å². The van der Waals surface area contributed by atoms with Crippen molar-refractivity contribution in [3.05, 3.63) is 0 Å². The van der Waals surface area contributed by atoms with Gasteiger partial charge in [-0.2, -0.15) is 5.06 Å². The summed E-state index contributed by atoms with van der Waals surface area (Å²) < 4.78 is 4.76. The van der Waals surface area contributed by atoms with Gasteiger partial charge in [-0.05, 0) is 6.92 Å². The average Bonchev–Trinajstić information content (AvgIpc) is 2.13. The Morgan fingerprint density at radius 1 is 1.71 bits per heavy atom. The van der Waals surface area contributed by atoms with Gasteiger partial charge in [0.1, 0.15) is 0 Å². The van der Waals surface area contributed by atoms with Crippen LogP contribution in [-0.2, 0) is 9.53 Å². The smallest absolute Gasteiger partial charge is 0.347 e. The third kappa shape index (κ3) is 2.14. The van der Waals surface area contributed by atoms with Gasteiger partial charge in [0.2, 0.25) is 6.23 Å². The normalized spacial score (nSPS) is 22.5. The quantitative estimate of drug-likeness (QED) is 0.520. The number of carbonyl (C=O) groups excluding carboxylic acids is 2. The minimum absolute atomic E-state index is 0.426. The molecular formula is C8H14N2O4. The van der Waals surface area contributed by atoms with Gasteiger partial charge in [0.15, 0.2) is 0 Å². The number of ether oxygens (including phenoxy) is 1. The fraction of sp³-hybridized carbons (Fsp3) is 0.750. The van der Waals surface area contributed by atoms with Crippen molar-refractivity contribution in [1.82, 2.24) is 9.96 Å². The summed E-state index contributed by atoms with van der Waals surface area (Å²) in [5, 5.41) is 9.82. The van der Waals surface area contributed by atoms with Crippen molar-refractivity contribution < 1.29 is 19.5 Å². The second-order valence-corrected chi connectivity index (χ2v) is 3.06. The first kappa shape index (κ1) is 10.8. The number of hydrogen-bond donors (Lipinski definition) is 1. The molecule has 0 spiro atoms. The van der Waals surface area contributed by atoms with E-state index < -0.39 is 18.2 Å². The molecule has 0 aromatic rings. The van der Waals surface area contributed by atoms with Crippen LogP contribution in [0.4, 0.5) is 4.79 Å². The van der Waals surface area contributed by atoms with Gasteiger partial charge < -0.3 is 9.64 Å². The molecule has 0 bridgehead atoms. The molecule has 6 nitrogen and oxygen atoms in total. The molecule has 0 saturated carbocycles. The van der Waals surface area contributed by atoms with E-state index in [1.807, 2.05) is 6.92 Å². The van der Waals surface area contributed by atoms with E-state index in [1.54, 1.807) is 0 Å². The number of esters is 1. The molecule has 1 unspecified atom stereocenters. The average molecular weight is 202 g/mol. The maximum absolute atomic E-state index is 11.4. The zero-order chi connectivity index (χ0) is 10.7. The Labute approximate surface area is 82.0 Å². The van der Waals surface area contributed by atoms with Crippen molar-refractivity contribution in [2.75, 3.05) is 13.1 Å². The molecule has 14 heavy (non-hydrogen) atoms. The topological polar surface area (TPSA) is 70.1 Å². The second-order valence-electron chi connectivity index (χ2n) is 3.06. The van der Waals surface area contributed by atoms with Crippen molar-refractivity contribution in [2.24, 2.45) is 0 Å². The van der Waals surface area contributed by atoms with E-state index in [0.717, 1.165) is 0 Å². The summed E-state index contributed by atoms with van der Waals surface area (Å²) in [6, 6.07) is -0.523. The first-order chi connectivity index (χ1) is 6.56. The van der Waals surface area contributed by atoms with Crippen LogP contribution in [0.1, 0.15) is 20.3 Å². The van der Waals surface area contributed by atoms with Crippen LogP contribution in [0, 0.1) is 0 Å². The summed E-state index contributed by atoms with van der Waals surface area (Å²) in [7, 11) is 0. The fourth-order valence-electron chi connectivity index (χ4n) is 1.35. The Morgan fingerprint density at radius 2 is 2.36 bits per heavy atom. The molecule has 1 N–H and O–H groups in total. The summed E-state index contributed by atoms with van der Waals surface area (Å²) in [5.74, 6) is -0.508. The molecule has 1 aliphatic rings. The minimum atomic E-state index is -0.845. The van der Waals surface area contributed by atoms with Crippen molar-refractivity contribution in [1.29, 1.82) is 0 Å². The largest absolute Gasteiger partial charge is 0.439 e. The van der Waals surface area contributed by atoms with Crippen molar-refractivity contribution in [2.45, 2.75) is 26.5 Å². The predicted molar refractivity (Wildman–Crippen MR) is 46.4 cm³/mol. The van der Waals surface area contributed by atoms with Crippen LogP contribution < -0.4 is 0 Å². The predicted octanol–water partition coefficient (Wildman–Crippen LogP) is 0.412. The van der Waals surface area contributed by atoms with Gasteiger partial charge in [-0.1, -0.05) is 0 Å². The van der Waals surface area contributed by atoms with E-state index in [9.17, 15) is 14.8 Å². The molecule has 1 heterocycles. The Balaban J connectivity index is 2.59. The number of amides is 2. The highest BCUT2D eigenvalue weighted by molar-refractivity contribution is 5.74. The summed E-state index contributed by atoms with van der Waals surface area (Å²) in [6.45, 7) is 4.08. The van der Waals surface area contributed by atoms with Crippen LogP contribution in [0.15, 0.2) is 0 Å². The first-order valence-corrected chi connectivity index (χ1v) is 4.50. The number of rotatable bonds is 2. The van der Waals surface area contributed by atoms with Crippen LogP contribution in [0.2, 0.25) is 0 Å². The van der Waals surface area contributed by atoms with Crippen molar-refractivity contribution in [3.8, 4) is 0 Å². The summed E-state index contributed by atoms with van der Waals surface area (Å²) in [5.41, 5.74) is 0. The lowest BCUT2D eigenvalue weighted by molar-refractivity contribution is -0.203. The second kappa shape index (κ2) is 4.28. The van der Waals surface area contributed by atoms with Crippen LogP contribution in [0.25, 0.3) is 0 Å². The number of hydrogen-bond acceptors (Lipinski definition) is 4. The van der Waals surface area contributed by atoms with Gasteiger partial charge in [-0.25, -0.2) is 4.79 Å². The molecule has 0 radical (unpaired) electrons. The van der Waals surface area contributed by atoms with Gasteiger partial charge in [0.05, 0.1) is 0 Å². The van der Waals surface area contributed by atoms with E-state index >= 15 is 0 Å². The molecule has 1 atom stereocenters. The van der Waals surface area contributed by atoms with E-state index in [0.29, 0.717) is 24.6 Å². The zero-order valence-corrected chi connectivity index (χ0v) is 8.27. The zero-order valence-electron chi connectivity index (χ0n) is 8.27. The van der Waals surface area contributed by atoms with Gasteiger partial charge in [0, 0.05) is 26.4 Å². The molecule has 6 heteroatoms. The van der Waals surface area contributed by atoms with Crippen molar-refractivity contribution >= 4 is 12.0 Å². The van der Waals surface area contributed by atoms with Gasteiger partial charge in [0.25, 0.3) is 0 Å². The molecule has 80 valence electrons. The maximum Gasteiger partial charge on any atom is 0.347 e.